The van der Waals surface area contributed by atoms with Crippen LogP contribution in [0.2, 0.25) is 0 Å². The van der Waals surface area contributed by atoms with Crippen LogP contribution in [0.15, 0.2) is 30.3 Å². The maximum absolute atomic E-state index is 11.9. The molecule has 1 aliphatic carbocycles. The van der Waals surface area contributed by atoms with Gasteiger partial charge in [0.15, 0.2) is 0 Å². The molecule has 0 saturated heterocycles. The zero-order valence-corrected chi connectivity index (χ0v) is 11.9. The summed E-state index contributed by atoms with van der Waals surface area (Å²) in [7, 11) is 1.63. The average Bonchev–Trinajstić information content (AvgIpc) is 3.20. The molecule has 1 saturated carbocycles. The van der Waals surface area contributed by atoms with Gasteiger partial charge in [0, 0.05) is 19.6 Å². The van der Waals surface area contributed by atoms with E-state index in [4.69, 9.17) is 16.3 Å². The Hall–Kier alpha value is -1.06. The first kappa shape index (κ1) is 14.4. The molecule has 0 bridgehead atoms. The second-order valence-corrected chi connectivity index (χ2v) is 5.61. The molecule has 1 aromatic carbocycles. The number of alkyl halides is 1. The van der Waals surface area contributed by atoms with E-state index in [1.807, 2.05) is 18.2 Å². The number of amides is 1. The molecule has 3 atom stereocenters. The van der Waals surface area contributed by atoms with E-state index in [-0.39, 0.29) is 17.2 Å². The summed E-state index contributed by atoms with van der Waals surface area (Å²) in [4.78, 5) is 11.9. The first-order valence-electron chi connectivity index (χ1n) is 6.68. The van der Waals surface area contributed by atoms with Crippen molar-refractivity contribution in [3.05, 3.63) is 35.9 Å². The second kappa shape index (κ2) is 6.92. The van der Waals surface area contributed by atoms with E-state index < -0.39 is 0 Å². The van der Waals surface area contributed by atoms with Crippen molar-refractivity contribution in [2.45, 2.75) is 24.1 Å². The van der Waals surface area contributed by atoms with E-state index in [2.05, 4.69) is 17.4 Å². The molecule has 4 heteroatoms. The van der Waals surface area contributed by atoms with Crippen molar-refractivity contribution in [3.8, 4) is 0 Å². The molecule has 0 heterocycles. The van der Waals surface area contributed by atoms with Gasteiger partial charge in [0.1, 0.15) is 0 Å². The van der Waals surface area contributed by atoms with Gasteiger partial charge >= 0.3 is 0 Å². The summed E-state index contributed by atoms with van der Waals surface area (Å²) in [6, 6.07) is 10.2. The zero-order valence-electron chi connectivity index (χ0n) is 11.1. The Morgan fingerprint density at radius 3 is 2.89 bits per heavy atom. The number of hydrogen-bond donors (Lipinski definition) is 1. The molecular formula is C15H20ClNO2. The van der Waals surface area contributed by atoms with Crippen LogP contribution in [0, 0.1) is 5.92 Å². The number of rotatable bonds is 7. The van der Waals surface area contributed by atoms with Crippen LogP contribution < -0.4 is 5.32 Å². The fourth-order valence-electron chi connectivity index (χ4n) is 2.30. The summed E-state index contributed by atoms with van der Waals surface area (Å²) in [5.41, 5.74) is 1.26. The summed E-state index contributed by atoms with van der Waals surface area (Å²) in [6.07, 6.45) is 1.70. The fourth-order valence-corrected chi connectivity index (χ4v) is 2.54. The van der Waals surface area contributed by atoms with Gasteiger partial charge in [0.2, 0.25) is 5.91 Å². The molecule has 104 valence electrons. The SMILES string of the molecule is COCC(Cl)CCNC(=O)C1CC1c1ccccc1. The maximum atomic E-state index is 11.9. The highest BCUT2D eigenvalue weighted by molar-refractivity contribution is 6.20. The van der Waals surface area contributed by atoms with Crippen molar-refractivity contribution in [1.29, 1.82) is 0 Å². The minimum absolute atomic E-state index is 0.0329. The topological polar surface area (TPSA) is 38.3 Å². The van der Waals surface area contributed by atoms with Crippen molar-refractivity contribution in [3.63, 3.8) is 0 Å². The van der Waals surface area contributed by atoms with Crippen LogP contribution in [0.5, 0.6) is 0 Å². The highest BCUT2D eigenvalue weighted by Gasteiger charge is 2.43. The van der Waals surface area contributed by atoms with E-state index in [1.54, 1.807) is 7.11 Å². The molecular weight excluding hydrogens is 262 g/mol. The van der Waals surface area contributed by atoms with Crippen LogP contribution in [0.4, 0.5) is 0 Å². The molecule has 19 heavy (non-hydrogen) atoms. The first-order valence-corrected chi connectivity index (χ1v) is 7.11. The van der Waals surface area contributed by atoms with Crippen molar-refractivity contribution in [2.24, 2.45) is 5.92 Å². The summed E-state index contributed by atoms with van der Waals surface area (Å²) < 4.78 is 4.95. The highest BCUT2D eigenvalue weighted by atomic mass is 35.5. The van der Waals surface area contributed by atoms with E-state index in [0.717, 1.165) is 12.8 Å². The average molecular weight is 282 g/mol. The quantitative estimate of drug-likeness (QED) is 0.780. The molecule has 1 aliphatic rings. The summed E-state index contributed by atoms with van der Waals surface area (Å²) >= 11 is 6.01. The Labute approximate surface area is 119 Å². The number of methoxy groups -OCH3 is 1. The molecule has 1 fully saturated rings. The Bertz CT molecular complexity index is 410. The number of ether oxygens (including phenoxy) is 1. The third-order valence-corrected chi connectivity index (χ3v) is 3.80. The first-order chi connectivity index (χ1) is 9.22. The van der Waals surface area contributed by atoms with Gasteiger partial charge in [-0.1, -0.05) is 30.3 Å². The van der Waals surface area contributed by atoms with Crippen molar-refractivity contribution in [1.82, 2.24) is 5.32 Å². The van der Waals surface area contributed by atoms with Crippen LogP contribution in [0.25, 0.3) is 0 Å². The van der Waals surface area contributed by atoms with Gasteiger partial charge in [-0.3, -0.25) is 4.79 Å². The molecule has 1 amide bonds. The summed E-state index contributed by atoms with van der Waals surface area (Å²) in [5.74, 6) is 0.681. The van der Waals surface area contributed by atoms with Gasteiger partial charge in [-0.05, 0) is 24.3 Å². The molecule has 0 aliphatic heterocycles. The third kappa shape index (κ3) is 4.22. The van der Waals surface area contributed by atoms with Gasteiger partial charge in [0.05, 0.1) is 12.0 Å². The van der Waals surface area contributed by atoms with Gasteiger partial charge in [-0.15, -0.1) is 11.6 Å². The van der Waals surface area contributed by atoms with Crippen molar-refractivity contribution < 1.29 is 9.53 Å². The normalized spacial score (nSPS) is 22.8. The van der Waals surface area contributed by atoms with Crippen LogP contribution in [0.3, 0.4) is 0 Å². The molecule has 0 radical (unpaired) electrons. The molecule has 1 aromatic rings. The second-order valence-electron chi connectivity index (χ2n) is 4.99. The van der Waals surface area contributed by atoms with Gasteiger partial charge in [0.25, 0.3) is 0 Å². The minimum Gasteiger partial charge on any atom is -0.383 e. The molecule has 1 N–H and O–H groups in total. The minimum atomic E-state index is -0.0329. The van der Waals surface area contributed by atoms with E-state index in [9.17, 15) is 4.79 Å². The Morgan fingerprint density at radius 2 is 2.21 bits per heavy atom. The molecule has 0 aromatic heterocycles. The summed E-state index contributed by atoms with van der Waals surface area (Å²) in [6.45, 7) is 1.14. The molecule has 3 nitrogen and oxygen atoms in total. The molecule has 3 unspecified atom stereocenters. The lowest BCUT2D eigenvalue weighted by Gasteiger charge is -2.09. The lowest BCUT2D eigenvalue weighted by molar-refractivity contribution is -0.122. The van der Waals surface area contributed by atoms with Gasteiger partial charge < -0.3 is 10.1 Å². The van der Waals surface area contributed by atoms with E-state index in [0.29, 0.717) is 19.1 Å². The predicted molar refractivity (Wildman–Crippen MR) is 76.4 cm³/mol. The number of carbonyl (C=O) groups excluding carboxylic acids is 1. The van der Waals surface area contributed by atoms with E-state index >= 15 is 0 Å². The predicted octanol–water partition coefficient (Wildman–Crippen LogP) is 2.55. The van der Waals surface area contributed by atoms with Crippen molar-refractivity contribution in [2.75, 3.05) is 20.3 Å². The zero-order chi connectivity index (χ0) is 13.7. The Morgan fingerprint density at radius 1 is 1.47 bits per heavy atom. The van der Waals surface area contributed by atoms with Crippen LogP contribution in [-0.2, 0) is 9.53 Å². The smallest absolute Gasteiger partial charge is 0.223 e. The third-order valence-electron chi connectivity index (χ3n) is 3.46. The lowest BCUT2D eigenvalue weighted by Crippen LogP contribution is -2.28. The molecule has 2 rings (SSSR count). The standard InChI is InChI=1S/C15H20ClNO2/c1-19-10-12(16)7-8-17-15(18)14-9-13(14)11-5-3-2-4-6-11/h2-6,12-14H,7-10H2,1H3,(H,17,18). The number of nitrogens with one attached hydrogen (secondary N) is 1. The van der Waals surface area contributed by atoms with Crippen LogP contribution in [-0.4, -0.2) is 31.5 Å². The van der Waals surface area contributed by atoms with Crippen LogP contribution in [0.1, 0.15) is 24.3 Å². The molecule has 0 spiro atoms. The number of carbonyl (C=O) groups is 1. The Balaban J connectivity index is 1.69. The van der Waals surface area contributed by atoms with Gasteiger partial charge in [-0.25, -0.2) is 0 Å². The fraction of sp³-hybridized carbons (Fsp3) is 0.533. The number of hydrogen-bond acceptors (Lipinski definition) is 2. The highest BCUT2D eigenvalue weighted by Crippen LogP contribution is 2.47. The van der Waals surface area contributed by atoms with E-state index in [1.165, 1.54) is 5.56 Å². The lowest BCUT2D eigenvalue weighted by atomic mass is 10.1. The van der Waals surface area contributed by atoms with Crippen molar-refractivity contribution >= 4 is 17.5 Å². The van der Waals surface area contributed by atoms with Gasteiger partial charge in [-0.2, -0.15) is 0 Å². The largest absolute Gasteiger partial charge is 0.383 e. The monoisotopic (exact) mass is 281 g/mol. The Kier molecular flexibility index (Phi) is 5.23. The number of benzene rings is 1. The van der Waals surface area contributed by atoms with Crippen LogP contribution >= 0.6 is 11.6 Å². The number of halogens is 1. The maximum Gasteiger partial charge on any atom is 0.223 e. The summed E-state index contributed by atoms with van der Waals surface area (Å²) in [5, 5.41) is 2.92.